The van der Waals surface area contributed by atoms with Crippen molar-refractivity contribution in [2.24, 2.45) is 0 Å². The number of anilines is 2. The molecular formula is C13H21N3O2S2. The molecule has 0 aliphatic carbocycles. The molecule has 1 amide bonds. The van der Waals surface area contributed by atoms with E-state index in [2.05, 4.69) is 4.90 Å². The summed E-state index contributed by atoms with van der Waals surface area (Å²) < 4.78 is 5.45. The van der Waals surface area contributed by atoms with Crippen molar-refractivity contribution >= 4 is 39.7 Å². The quantitative estimate of drug-likeness (QED) is 0.924. The summed E-state index contributed by atoms with van der Waals surface area (Å²) in [6.07, 6.45) is 1.14. The highest BCUT2D eigenvalue weighted by atomic mass is 32.2. The Labute approximate surface area is 128 Å². The molecule has 0 spiro atoms. The van der Waals surface area contributed by atoms with Crippen molar-refractivity contribution in [1.82, 2.24) is 4.90 Å². The summed E-state index contributed by atoms with van der Waals surface area (Å²) in [5, 5.41) is 0.984. The molecule has 1 fully saturated rings. The molecule has 20 heavy (non-hydrogen) atoms. The minimum absolute atomic E-state index is 0.0683. The van der Waals surface area contributed by atoms with Crippen LogP contribution in [0.25, 0.3) is 0 Å². The average molecular weight is 315 g/mol. The van der Waals surface area contributed by atoms with Gasteiger partial charge in [0, 0.05) is 32.9 Å². The number of thioether (sulfide) groups is 1. The zero-order valence-corrected chi connectivity index (χ0v) is 13.8. The van der Waals surface area contributed by atoms with Crippen LogP contribution in [-0.2, 0) is 0 Å². The Hall–Kier alpha value is -1.08. The van der Waals surface area contributed by atoms with E-state index < -0.39 is 0 Å². The van der Waals surface area contributed by atoms with Gasteiger partial charge in [0.2, 0.25) is 0 Å². The third-order valence-electron chi connectivity index (χ3n) is 3.20. The van der Waals surface area contributed by atoms with Crippen molar-refractivity contribution in [3.8, 4) is 5.75 Å². The number of hydrogen-bond acceptors (Lipinski definition) is 6. The molecule has 5 nitrogen and oxygen atoms in total. The SMILES string of the molecule is COc1c(N2CCCSCC2)sc(C(=O)N(C)C)c1N. The van der Waals surface area contributed by atoms with Gasteiger partial charge in [0.25, 0.3) is 5.91 Å². The first-order chi connectivity index (χ1) is 9.56. The Morgan fingerprint density at radius 3 is 2.75 bits per heavy atom. The van der Waals surface area contributed by atoms with Crippen LogP contribution in [0.15, 0.2) is 0 Å². The van der Waals surface area contributed by atoms with Gasteiger partial charge in [-0.15, -0.1) is 11.3 Å². The van der Waals surface area contributed by atoms with Crippen LogP contribution < -0.4 is 15.4 Å². The minimum atomic E-state index is -0.0683. The molecule has 2 rings (SSSR count). The van der Waals surface area contributed by atoms with Crippen LogP contribution in [-0.4, -0.2) is 56.6 Å². The maximum atomic E-state index is 12.2. The molecule has 0 unspecified atom stereocenters. The van der Waals surface area contributed by atoms with E-state index in [1.165, 1.54) is 17.1 Å². The molecule has 1 aliphatic heterocycles. The number of amides is 1. The van der Waals surface area contributed by atoms with Gasteiger partial charge in [-0.25, -0.2) is 0 Å². The van der Waals surface area contributed by atoms with Crippen molar-refractivity contribution in [2.75, 3.05) is 56.4 Å². The Morgan fingerprint density at radius 1 is 1.35 bits per heavy atom. The van der Waals surface area contributed by atoms with Gasteiger partial charge in [-0.2, -0.15) is 11.8 Å². The van der Waals surface area contributed by atoms with E-state index >= 15 is 0 Å². The number of ether oxygens (including phenoxy) is 1. The topological polar surface area (TPSA) is 58.8 Å². The molecule has 112 valence electrons. The maximum Gasteiger partial charge on any atom is 0.265 e. The van der Waals surface area contributed by atoms with Crippen molar-refractivity contribution in [1.29, 1.82) is 0 Å². The second kappa shape index (κ2) is 6.58. The van der Waals surface area contributed by atoms with Gasteiger partial charge < -0.3 is 20.3 Å². The summed E-state index contributed by atoms with van der Waals surface area (Å²) in [6.45, 7) is 1.95. The van der Waals surface area contributed by atoms with E-state index in [1.807, 2.05) is 11.8 Å². The molecule has 0 atom stereocenters. The van der Waals surface area contributed by atoms with E-state index in [9.17, 15) is 4.79 Å². The number of thiophene rings is 1. The molecule has 0 bridgehead atoms. The Kier molecular flexibility index (Phi) is 5.04. The lowest BCUT2D eigenvalue weighted by Crippen LogP contribution is -2.24. The van der Waals surface area contributed by atoms with Gasteiger partial charge >= 0.3 is 0 Å². The fourth-order valence-corrected chi connectivity index (χ4v) is 4.28. The number of carbonyl (C=O) groups is 1. The van der Waals surface area contributed by atoms with Gasteiger partial charge in [-0.3, -0.25) is 4.79 Å². The number of methoxy groups -OCH3 is 1. The monoisotopic (exact) mass is 315 g/mol. The summed E-state index contributed by atoms with van der Waals surface area (Å²) in [7, 11) is 5.07. The van der Waals surface area contributed by atoms with Crippen LogP contribution in [0.1, 0.15) is 16.1 Å². The molecule has 0 saturated carbocycles. The Bertz CT molecular complexity index is 480. The van der Waals surface area contributed by atoms with E-state index in [0.29, 0.717) is 16.3 Å². The number of nitrogen functional groups attached to an aromatic ring is 1. The number of nitrogens with two attached hydrogens (primary N) is 1. The Morgan fingerprint density at radius 2 is 2.10 bits per heavy atom. The highest BCUT2D eigenvalue weighted by Gasteiger charge is 2.26. The average Bonchev–Trinajstić information content (AvgIpc) is 2.62. The van der Waals surface area contributed by atoms with Gasteiger partial charge in [-0.1, -0.05) is 0 Å². The molecule has 2 N–H and O–H groups in total. The largest absolute Gasteiger partial charge is 0.492 e. The second-order valence-corrected chi connectivity index (χ2v) is 7.06. The van der Waals surface area contributed by atoms with Gasteiger partial charge in [0.1, 0.15) is 15.6 Å². The molecule has 1 saturated heterocycles. The third-order valence-corrected chi connectivity index (χ3v) is 5.48. The fourth-order valence-electron chi connectivity index (χ4n) is 2.13. The highest BCUT2D eigenvalue weighted by Crippen LogP contribution is 2.45. The van der Waals surface area contributed by atoms with Crippen molar-refractivity contribution < 1.29 is 9.53 Å². The van der Waals surface area contributed by atoms with Crippen LogP contribution in [0.2, 0.25) is 0 Å². The summed E-state index contributed by atoms with van der Waals surface area (Å²) in [4.78, 5) is 16.6. The normalized spacial score (nSPS) is 15.8. The van der Waals surface area contributed by atoms with Gasteiger partial charge in [0.15, 0.2) is 5.75 Å². The first-order valence-corrected chi connectivity index (χ1v) is 8.54. The van der Waals surface area contributed by atoms with E-state index in [4.69, 9.17) is 10.5 Å². The number of hydrogen-bond donors (Lipinski definition) is 1. The molecule has 1 aromatic heterocycles. The predicted octanol–water partition coefficient (Wildman–Crippen LogP) is 1.98. The van der Waals surface area contributed by atoms with Gasteiger partial charge in [-0.05, 0) is 12.2 Å². The summed E-state index contributed by atoms with van der Waals surface area (Å²) in [6, 6.07) is 0. The smallest absolute Gasteiger partial charge is 0.265 e. The van der Waals surface area contributed by atoms with Gasteiger partial charge in [0.05, 0.1) is 7.11 Å². The summed E-state index contributed by atoms with van der Waals surface area (Å²) in [5.74, 6) is 2.86. The van der Waals surface area contributed by atoms with Crippen LogP contribution in [0.3, 0.4) is 0 Å². The van der Waals surface area contributed by atoms with Crippen molar-refractivity contribution in [3.63, 3.8) is 0 Å². The summed E-state index contributed by atoms with van der Waals surface area (Å²) in [5.41, 5.74) is 6.57. The summed E-state index contributed by atoms with van der Waals surface area (Å²) >= 11 is 3.40. The maximum absolute atomic E-state index is 12.2. The first kappa shape index (κ1) is 15.3. The van der Waals surface area contributed by atoms with E-state index in [1.54, 1.807) is 26.1 Å². The Balaban J connectivity index is 2.37. The molecule has 1 aliphatic rings. The predicted molar refractivity (Wildman–Crippen MR) is 87.5 cm³/mol. The van der Waals surface area contributed by atoms with Crippen molar-refractivity contribution in [3.05, 3.63) is 4.88 Å². The third kappa shape index (κ3) is 2.98. The molecule has 0 aromatic carbocycles. The zero-order chi connectivity index (χ0) is 14.7. The number of nitrogens with zero attached hydrogens (tertiary/aromatic N) is 2. The lowest BCUT2D eigenvalue weighted by molar-refractivity contribution is 0.0833. The number of carbonyl (C=O) groups excluding carboxylic acids is 1. The lowest BCUT2D eigenvalue weighted by Gasteiger charge is -2.21. The fraction of sp³-hybridized carbons (Fsp3) is 0.615. The molecule has 7 heteroatoms. The van der Waals surface area contributed by atoms with Crippen molar-refractivity contribution in [2.45, 2.75) is 6.42 Å². The van der Waals surface area contributed by atoms with Crippen LogP contribution in [0.5, 0.6) is 5.75 Å². The standard InChI is InChI=1S/C13H21N3O2S2/c1-15(2)12(17)11-9(14)10(18-3)13(20-11)16-5-4-7-19-8-6-16/h4-8,14H2,1-3H3. The molecule has 2 heterocycles. The molecule has 1 aromatic rings. The zero-order valence-electron chi connectivity index (χ0n) is 12.1. The van der Waals surface area contributed by atoms with E-state index in [0.717, 1.165) is 30.3 Å². The lowest BCUT2D eigenvalue weighted by atomic mass is 10.3. The van der Waals surface area contributed by atoms with Crippen LogP contribution in [0.4, 0.5) is 10.7 Å². The van der Waals surface area contributed by atoms with Crippen LogP contribution in [0, 0.1) is 0 Å². The second-order valence-electron chi connectivity index (χ2n) is 4.84. The highest BCUT2D eigenvalue weighted by molar-refractivity contribution is 7.99. The number of rotatable bonds is 3. The minimum Gasteiger partial charge on any atom is -0.492 e. The van der Waals surface area contributed by atoms with E-state index in [-0.39, 0.29) is 5.91 Å². The molecular weight excluding hydrogens is 294 g/mol. The molecule has 0 radical (unpaired) electrons. The van der Waals surface area contributed by atoms with Crippen LogP contribution >= 0.6 is 23.1 Å². The first-order valence-electron chi connectivity index (χ1n) is 6.56.